The number of allylic oxidation sites excluding steroid dienone is 3. The second-order valence-corrected chi connectivity index (χ2v) is 6.97. The molecule has 0 saturated heterocycles. The molecule has 0 atom stereocenters. The van der Waals surface area contributed by atoms with E-state index in [-0.39, 0.29) is 5.54 Å². The van der Waals surface area contributed by atoms with E-state index in [1.165, 1.54) is 25.0 Å². The molecule has 0 aromatic heterocycles. The third kappa shape index (κ3) is 11.5. The van der Waals surface area contributed by atoms with Crippen LogP contribution in [0.15, 0.2) is 23.9 Å². The topological polar surface area (TPSA) is 12.0 Å². The maximum Gasteiger partial charge on any atom is 0.0297 e. The van der Waals surface area contributed by atoms with E-state index in [1.807, 2.05) is 0 Å². The molecule has 0 fully saturated rings. The van der Waals surface area contributed by atoms with E-state index in [0.29, 0.717) is 5.41 Å². The van der Waals surface area contributed by atoms with Crippen LogP contribution in [0.5, 0.6) is 0 Å². The van der Waals surface area contributed by atoms with Crippen LogP contribution in [0.2, 0.25) is 0 Å². The highest BCUT2D eigenvalue weighted by Crippen LogP contribution is 2.21. The van der Waals surface area contributed by atoms with Gasteiger partial charge in [0.2, 0.25) is 0 Å². The lowest BCUT2D eigenvalue weighted by Gasteiger charge is -2.22. The summed E-state index contributed by atoms with van der Waals surface area (Å²) in [6.07, 6.45) is 10.3. The predicted molar refractivity (Wildman–Crippen MR) is 79.1 cm³/mol. The van der Waals surface area contributed by atoms with Gasteiger partial charge in [-0.05, 0) is 58.4 Å². The molecular weight excluding hydrogens is 206 g/mol. The third-order valence-corrected chi connectivity index (χ3v) is 2.43. The molecule has 0 aliphatic heterocycles. The van der Waals surface area contributed by atoms with Crippen molar-refractivity contribution in [1.29, 1.82) is 0 Å². The molecule has 0 aliphatic rings. The zero-order valence-electron chi connectivity index (χ0n) is 12.9. The summed E-state index contributed by atoms with van der Waals surface area (Å²) >= 11 is 0. The summed E-state index contributed by atoms with van der Waals surface area (Å²) in [5.41, 5.74) is 1.81. The van der Waals surface area contributed by atoms with Crippen LogP contribution in [-0.2, 0) is 0 Å². The van der Waals surface area contributed by atoms with Gasteiger partial charge in [-0.25, -0.2) is 0 Å². The van der Waals surface area contributed by atoms with Crippen molar-refractivity contribution >= 4 is 0 Å². The van der Waals surface area contributed by atoms with Crippen LogP contribution in [-0.4, -0.2) is 5.54 Å². The average molecular weight is 237 g/mol. The van der Waals surface area contributed by atoms with Crippen LogP contribution < -0.4 is 5.32 Å². The number of rotatable bonds is 5. The molecule has 1 nitrogen and oxygen atoms in total. The molecule has 0 heterocycles. The highest BCUT2D eigenvalue weighted by molar-refractivity contribution is 5.17. The minimum atomic E-state index is 0.137. The number of hydrogen-bond acceptors (Lipinski definition) is 1. The molecule has 0 spiro atoms. The Kier molecular flexibility index (Phi) is 6.59. The quantitative estimate of drug-likeness (QED) is 0.521. The summed E-state index contributed by atoms with van der Waals surface area (Å²) in [6, 6.07) is 0. The molecular formula is C16H31N. The van der Waals surface area contributed by atoms with Crippen LogP contribution >= 0.6 is 0 Å². The van der Waals surface area contributed by atoms with Gasteiger partial charge in [0.05, 0.1) is 0 Å². The van der Waals surface area contributed by atoms with Crippen LogP contribution in [0.25, 0.3) is 0 Å². The Morgan fingerprint density at radius 2 is 1.65 bits per heavy atom. The van der Waals surface area contributed by atoms with Gasteiger partial charge in [-0.3, -0.25) is 0 Å². The second kappa shape index (κ2) is 6.88. The molecule has 17 heavy (non-hydrogen) atoms. The molecule has 0 aromatic rings. The lowest BCUT2D eigenvalue weighted by Crippen LogP contribution is -2.34. The number of nitrogens with one attached hydrogen (secondary N) is 1. The third-order valence-electron chi connectivity index (χ3n) is 2.43. The molecule has 0 rings (SSSR count). The Bertz CT molecular complexity index is 258. The minimum absolute atomic E-state index is 0.137. The zero-order chi connectivity index (χ0) is 13.5. The van der Waals surface area contributed by atoms with Crippen LogP contribution in [0.3, 0.4) is 0 Å². The Hall–Kier alpha value is -0.720. The molecule has 100 valence electrons. The lowest BCUT2D eigenvalue weighted by atomic mass is 9.90. The smallest absolute Gasteiger partial charge is 0.0297 e. The normalized spacial score (nSPS) is 14.4. The van der Waals surface area contributed by atoms with Gasteiger partial charge in [0, 0.05) is 11.2 Å². The summed E-state index contributed by atoms with van der Waals surface area (Å²) in [6.45, 7) is 15.5. The summed E-state index contributed by atoms with van der Waals surface area (Å²) in [5, 5.41) is 3.49. The Morgan fingerprint density at radius 3 is 2.06 bits per heavy atom. The molecule has 0 aliphatic carbocycles. The first-order valence-corrected chi connectivity index (χ1v) is 6.75. The fourth-order valence-corrected chi connectivity index (χ4v) is 1.60. The fourth-order valence-electron chi connectivity index (χ4n) is 1.60. The van der Waals surface area contributed by atoms with E-state index >= 15 is 0 Å². The Labute approximate surface area is 108 Å². The zero-order valence-corrected chi connectivity index (χ0v) is 12.9. The molecule has 1 N–H and O–H groups in total. The van der Waals surface area contributed by atoms with Crippen molar-refractivity contribution < 1.29 is 0 Å². The van der Waals surface area contributed by atoms with Crippen molar-refractivity contribution in [3.05, 3.63) is 23.9 Å². The molecule has 0 amide bonds. The number of hydrogen-bond donors (Lipinski definition) is 1. The second-order valence-electron chi connectivity index (χ2n) is 6.97. The van der Waals surface area contributed by atoms with Gasteiger partial charge < -0.3 is 5.32 Å². The van der Waals surface area contributed by atoms with E-state index < -0.39 is 0 Å². The summed E-state index contributed by atoms with van der Waals surface area (Å²) < 4.78 is 0. The molecule has 1 heteroatoms. The first-order chi connectivity index (χ1) is 7.64. The minimum Gasteiger partial charge on any atom is -0.381 e. The maximum atomic E-state index is 3.49. The van der Waals surface area contributed by atoms with Gasteiger partial charge in [-0.2, -0.15) is 0 Å². The highest BCUT2D eigenvalue weighted by atomic mass is 15.0. The summed E-state index contributed by atoms with van der Waals surface area (Å²) in [4.78, 5) is 0. The van der Waals surface area contributed by atoms with Crippen molar-refractivity contribution in [2.75, 3.05) is 0 Å². The van der Waals surface area contributed by atoms with Gasteiger partial charge >= 0.3 is 0 Å². The molecule has 0 bridgehead atoms. The molecule has 0 unspecified atom stereocenters. The Balaban J connectivity index is 3.98. The van der Waals surface area contributed by atoms with Gasteiger partial charge in [0.25, 0.3) is 0 Å². The van der Waals surface area contributed by atoms with Gasteiger partial charge in [0.15, 0.2) is 0 Å². The number of unbranched alkanes of at least 4 members (excludes halogenated alkanes) is 1. The van der Waals surface area contributed by atoms with Crippen LogP contribution in [0, 0.1) is 5.41 Å². The standard InChI is InChI=1S/C16H31N/c1-8-14(17-16(5,6)7)12-10-9-11-13-15(2,3)4/h8,10,12,17H,9,11,13H2,1-7H3/b12-10-,14-8+. The summed E-state index contributed by atoms with van der Waals surface area (Å²) in [7, 11) is 0. The van der Waals surface area contributed by atoms with Gasteiger partial charge in [-0.15, -0.1) is 0 Å². The lowest BCUT2D eigenvalue weighted by molar-refractivity contribution is 0.367. The van der Waals surface area contributed by atoms with Crippen molar-refractivity contribution in [2.45, 2.75) is 73.3 Å². The van der Waals surface area contributed by atoms with E-state index in [2.05, 4.69) is 72.0 Å². The van der Waals surface area contributed by atoms with E-state index in [0.717, 1.165) is 0 Å². The SMILES string of the molecule is C/C=C(\C=C/CCCC(C)(C)C)NC(C)(C)C. The largest absolute Gasteiger partial charge is 0.381 e. The van der Waals surface area contributed by atoms with Crippen molar-refractivity contribution in [3.63, 3.8) is 0 Å². The van der Waals surface area contributed by atoms with Crippen molar-refractivity contribution in [3.8, 4) is 0 Å². The molecule has 0 radical (unpaired) electrons. The van der Waals surface area contributed by atoms with Gasteiger partial charge in [-0.1, -0.05) is 32.9 Å². The first kappa shape index (κ1) is 16.3. The molecule has 0 saturated carbocycles. The molecule has 0 aromatic carbocycles. The van der Waals surface area contributed by atoms with Crippen LogP contribution in [0.4, 0.5) is 0 Å². The van der Waals surface area contributed by atoms with E-state index in [4.69, 9.17) is 0 Å². The maximum absolute atomic E-state index is 3.49. The first-order valence-electron chi connectivity index (χ1n) is 6.75. The van der Waals surface area contributed by atoms with Crippen LogP contribution in [0.1, 0.15) is 67.7 Å². The van der Waals surface area contributed by atoms with E-state index in [1.54, 1.807) is 0 Å². The highest BCUT2D eigenvalue weighted by Gasteiger charge is 2.09. The monoisotopic (exact) mass is 237 g/mol. The van der Waals surface area contributed by atoms with E-state index in [9.17, 15) is 0 Å². The summed E-state index contributed by atoms with van der Waals surface area (Å²) in [5.74, 6) is 0. The van der Waals surface area contributed by atoms with Crippen molar-refractivity contribution in [1.82, 2.24) is 5.32 Å². The van der Waals surface area contributed by atoms with Crippen molar-refractivity contribution in [2.24, 2.45) is 5.41 Å². The predicted octanol–water partition coefficient (Wildman–Crippen LogP) is 5.05. The van der Waals surface area contributed by atoms with Gasteiger partial charge in [0.1, 0.15) is 0 Å². The fraction of sp³-hybridized carbons (Fsp3) is 0.750. The average Bonchev–Trinajstić information content (AvgIpc) is 2.11. The Morgan fingerprint density at radius 1 is 1.06 bits per heavy atom.